The molecule has 0 saturated heterocycles. The van der Waals surface area contributed by atoms with Crippen molar-refractivity contribution in [2.75, 3.05) is 6.61 Å². The van der Waals surface area contributed by atoms with E-state index in [-0.39, 0.29) is 0 Å². The molecule has 2 aromatic carbocycles. The van der Waals surface area contributed by atoms with Gasteiger partial charge < -0.3 is 4.74 Å². The maximum absolute atomic E-state index is 5.60. The molecule has 1 heterocycles. The van der Waals surface area contributed by atoms with Crippen molar-refractivity contribution in [3.05, 3.63) is 72.9 Å². The number of ether oxygens (including phenoxy) is 1. The molecule has 0 N–H and O–H groups in total. The zero-order valence-corrected chi connectivity index (χ0v) is 12.7. The Morgan fingerprint density at radius 2 is 1.50 bits per heavy atom. The fourth-order valence-corrected chi connectivity index (χ4v) is 2.31. The highest BCUT2D eigenvalue weighted by atomic mass is 16.5. The third-order valence-electron chi connectivity index (χ3n) is 3.49. The van der Waals surface area contributed by atoms with Gasteiger partial charge in [0, 0.05) is 17.3 Å². The van der Waals surface area contributed by atoms with Crippen LogP contribution in [0.15, 0.2) is 72.9 Å². The topological polar surface area (TPSA) is 22.1 Å². The number of benzene rings is 2. The maximum atomic E-state index is 5.60. The van der Waals surface area contributed by atoms with E-state index >= 15 is 0 Å². The van der Waals surface area contributed by atoms with Gasteiger partial charge in [-0.05, 0) is 42.3 Å². The molecule has 110 valence electrons. The Balaban J connectivity index is 1.78. The van der Waals surface area contributed by atoms with Gasteiger partial charge >= 0.3 is 0 Å². The van der Waals surface area contributed by atoms with Crippen LogP contribution in [0.25, 0.3) is 22.4 Å². The van der Waals surface area contributed by atoms with E-state index in [9.17, 15) is 0 Å². The van der Waals surface area contributed by atoms with Gasteiger partial charge in [0.25, 0.3) is 0 Å². The highest BCUT2D eigenvalue weighted by Crippen LogP contribution is 2.24. The number of rotatable bonds is 5. The van der Waals surface area contributed by atoms with E-state index < -0.39 is 0 Å². The van der Waals surface area contributed by atoms with Crippen molar-refractivity contribution in [2.45, 2.75) is 13.3 Å². The van der Waals surface area contributed by atoms with E-state index in [4.69, 9.17) is 4.74 Å². The van der Waals surface area contributed by atoms with Crippen LogP contribution in [0, 0.1) is 0 Å². The van der Waals surface area contributed by atoms with Crippen molar-refractivity contribution >= 4 is 0 Å². The predicted octanol–water partition coefficient (Wildman–Crippen LogP) is 5.20. The summed E-state index contributed by atoms with van der Waals surface area (Å²) in [5, 5.41) is 0. The first kappa shape index (κ1) is 14.3. The Bertz CT molecular complexity index is 703. The van der Waals surface area contributed by atoms with Gasteiger partial charge in [0.15, 0.2) is 0 Å². The molecule has 1 aromatic heterocycles. The van der Waals surface area contributed by atoms with Crippen molar-refractivity contribution in [2.24, 2.45) is 0 Å². The second kappa shape index (κ2) is 6.90. The molecular formula is C20H19NO. The van der Waals surface area contributed by atoms with E-state index in [1.165, 1.54) is 5.56 Å². The average molecular weight is 289 g/mol. The molecule has 0 spiro atoms. The van der Waals surface area contributed by atoms with Crippen molar-refractivity contribution in [1.29, 1.82) is 0 Å². The molecule has 0 aliphatic heterocycles. The summed E-state index contributed by atoms with van der Waals surface area (Å²) >= 11 is 0. The summed E-state index contributed by atoms with van der Waals surface area (Å²) in [5.74, 6) is 0.909. The zero-order chi connectivity index (χ0) is 15.2. The average Bonchev–Trinajstić information content (AvgIpc) is 2.61. The smallest absolute Gasteiger partial charge is 0.119 e. The minimum atomic E-state index is 0.753. The number of hydrogen-bond acceptors (Lipinski definition) is 2. The predicted molar refractivity (Wildman–Crippen MR) is 90.9 cm³/mol. The molecule has 0 saturated carbocycles. The van der Waals surface area contributed by atoms with Crippen LogP contribution in [-0.2, 0) is 0 Å². The Morgan fingerprint density at radius 1 is 0.773 bits per heavy atom. The van der Waals surface area contributed by atoms with Crippen molar-refractivity contribution in [3.63, 3.8) is 0 Å². The van der Waals surface area contributed by atoms with Crippen LogP contribution in [0.5, 0.6) is 5.75 Å². The van der Waals surface area contributed by atoms with E-state index in [0.29, 0.717) is 0 Å². The molecule has 3 rings (SSSR count). The van der Waals surface area contributed by atoms with E-state index in [1.807, 2.05) is 36.5 Å². The second-order valence-electron chi connectivity index (χ2n) is 5.17. The maximum Gasteiger partial charge on any atom is 0.119 e. The first-order chi connectivity index (χ1) is 10.9. The molecule has 0 aliphatic carbocycles. The van der Waals surface area contributed by atoms with Gasteiger partial charge in [-0.15, -0.1) is 0 Å². The molecule has 2 nitrogen and oxygen atoms in total. The standard InChI is InChI=1S/C20H19NO/c1-2-14-22-19-11-8-17(9-12-19)20-13-10-18(15-21-20)16-6-4-3-5-7-16/h3-13,15H,2,14H2,1H3. The fraction of sp³-hybridized carbons (Fsp3) is 0.150. The lowest BCUT2D eigenvalue weighted by atomic mass is 10.1. The number of hydrogen-bond donors (Lipinski definition) is 0. The minimum Gasteiger partial charge on any atom is -0.494 e. The molecule has 0 unspecified atom stereocenters. The number of pyridine rings is 1. The Kier molecular flexibility index (Phi) is 4.50. The molecule has 0 atom stereocenters. The van der Waals surface area contributed by atoms with Gasteiger partial charge in [-0.1, -0.05) is 43.3 Å². The van der Waals surface area contributed by atoms with Gasteiger partial charge in [0.1, 0.15) is 5.75 Å². The summed E-state index contributed by atoms with van der Waals surface area (Å²) in [6.07, 6.45) is 2.94. The van der Waals surface area contributed by atoms with E-state index in [0.717, 1.165) is 35.6 Å². The van der Waals surface area contributed by atoms with Gasteiger partial charge in [0.2, 0.25) is 0 Å². The quantitative estimate of drug-likeness (QED) is 0.643. The highest BCUT2D eigenvalue weighted by molar-refractivity contribution is 5.66. The first-order valence-electron chi connectivity index (χ1n) is 7.61. The Morgan fingerprint density at radius 3 is 2.14 bits per heavy atom. The molecule has 3 aromatic rings. The largest absolute Gasteiger partial charge is 0.494 e. The van der Waals surface area contributed by atoms with Gasteiger partial charge in [-0.2, -0.15) is 0 Å². The molecule has 0 radical (unpaired) electrons. The van der Waals surface area contributed by atoms with E-state index in [2.05, 4.69) is 48.3 Å². The third-order valence-corrected chi connectivity index (χ3v) is 3.49. The lowest BCUT2D eigenvalue weighted by Gasteiger charge is -2.07. The minimum absolute atomic E-state index is 0.753. The van der Waals surface area contributed by atoms with Gasteiger partial charge in [0.05, 0.1) is 12.3 Å². The van der Waals surface area contributed by atoms with Crippen molar-refractivity contribution in [3.8, 4) is 28.1 Å². The number of aromatic nitrogens is 1. The third kappa shape index (κ3) is 3.34. The number of nitrogens with zero attached hydrogens (tertiary/aromatic N) is 1. The van der Waals surface area contributed by atoms with Crippen LogP contribution in [0.4, 0.5) is 0 Å². The van der Waals surface area contributed by atoms with Crippen LogP contribution in [-0.4, -0.2) is 11.6 Å². The SMILES string of the molecule is CCCOc1ccc(-c2ccc(-c3ccccc3)cn2)cc1. The lowest BCUT2D eigenvalue weighted by molar-refractivity contribution is 0.317. The summed E-state index contributed by atoms with van der Waals surface area (Å²) in [4.78, 5) is 4.58. The van der Waals surface area contributed by atoms with Crippen LogP contribution in [0.3, 0.4) is 0 Å². The first-order valence-corrected chi connectivity index (χ1v) is 7.61. The summed E-state index contributed by atoms with van der Waals surface area (Å²) in [6.45, 7) is 2.86. The fourth-order valence-electron chi connectivity index (χ4n) is 2.31. The van der Waals surface area contributed by atoms with Crippen molar-refractivity contribution < 1.29 is 4.74 Å². The molecule has 0 bridgehead atoms. The summed E-state index contributed by atoms with van der Waals surface area (Å²) < 4.78 is 5.60. The van der Waals surface area contributed by atoms with Gasteiger partial charge in [-0.25, -0.2) is 0 Å². The normalized spacial score (nSPS) is 10.4. The molecule has 0 aliphatic rings. The molecule has 0 fully saturated rings. The van der Waals surface area contributed by atoms with E-state index in [1.54, 1.807) is 0 Å². The van der Waals surface area contributed by atoms with Crippen molar-refractivity contribution in [1.82, 2.24) is 4.98 Å². The Hall–Kier alpha value is -2.61. The lowest BCUT2D eigenvalue weighted by Crippen LogP contribution is -1.94. The molecule has 22 heavy (non-hydrogen) atoms. The molecular weight excluding hydrogens is 270 g/mol. The molecule has 2 heteroatoms. The van der Waals surface area contributed by atoms with Crippen LogP contribution in [0.1, 0.15) is 13.3 Å². The molecule has 0 amide bonds. The van der Waals surface area contributed by atoms with Gasteiger partial charge in [-0.3, -0.25) is 4.98 Å². The monoisotopic (exact) mass is 289 g/mol. The summed E-state index contributed by atoms with van der Waals surface area (Å²) in [7, 11) is 0. The zero-order valence-electron chi connectivity index (χ0n) is 12.7. The van der Waals surface area contributed by atoms with Crippen LogP contribution in [0.2, 0.25) is 0 Å². The second-order valence-corrected chi connectivity index (χ2v) is 5.17. The summed E-state index contributed by atoms with van der Waals surface area (Å²) in [6, 6.07) is 22.6. The highest BCUT2D eigenvalue weighted by Gasteiger charge is 2.02. The summed E-state index contributed by atoms with van der Waals surface area (Å²) in [5.41, 5.74) is 4.39. The van der Waals surface area contributed by atoms with Crippen LogP contribution < -0.4 is 4.74 Å². The van der Waals surface area contributed by atoms with Crippen LogP contribution >= 0.6 is 0 Å². The Labute approximate surface area is 131 Å².